The minimum absolute atomic E-state index is 0.799. The van der Waals surface area contributed by atoms with Crippen LogP contribution in [-0.2, 0) is 0 Å². The summed E-state index contributed by atoms with van der Waals surface area (Å²) < 4.78 is 0. The zero-order valence-electron chi connectivity index (χ0n) is 7.69. The summed E-state index contributed by atoms with van der Waals surface area (Å²) >= 11 is 5.87. The molecule has 0 saturated heterocycles. The highest BCUT2D eigenvalue weighted by molar-refractivity contribution is 6.30. The van der Waals surface area contributed by atoms with E-state index >= 15 is 0 Å². The monoisotopic (exact) mass is 180 g/mol. The molecule has 0 aromatic heterocycles. The van der Waals surface area contributed by atoms with E-state index in [0.717, 1.165) is 5.02 Å². The zero-order chi connectivity index (χ0) is 9.14. The lowest BCUT2D eigenvalue weighted by molar-refractivity contribution is 1.36. The van der Waals surface area contributed by atoms with Gasteiger partial charge in [-0.1, -0.05) is 29.3 Å². The van der Waals surface area contributed by atoms with E-state index in [1.54, 1.807) is 0 Å². The van der Waals surface area contributed by atoms with Crippen molar-refractivity contribution in [2.45, 2.75) is 20.8 Å². The van der Waals surface area contributed by atoms with Crippen molar-refractivity contribution in [3.05, 3.63) is 40.4 Å². The third kappa shape index (κ3) is 2.12. The van der Waals surface area contributed by atoms with Gasteiger partial charge in [0.25, 0.3) is 0 Å². The first-order valence-corrected chi connectivity index (χ1v) is 4.39. The van der Waals surface area contributed by atoms with Crippen LogP contribution in [0.3, 0.4) is 0 Å². The molecule has 1 heteroatoms. The fourth-order valence-corrected chi connectivity index (χ4v) is 1.20. The van der Waals surface area contributed by atoms with Crippen LogP contribution in [0, 0.1) is 0 Å². The Hall–Kier alpha value is -0.750. The van der Waals surface area contributed by atoms with E-state index in [1.165, 1.54) is 16.7 Å². The van der Waals surface area contributed by atoms with Crippen molar-refractivity contribution >= 4 is 17.2 Å². The van der Waals surface area contributed by atoms with Crippen LogP contribution in [0.25, 0.3) is 5.57 Å². The summed E-state index contributed by atoms with van der Waals surface area (Å²) in [5.41, 5.74) is 3.84. The van der Waals surface area contributed by atoms with Crippen LogP contribution >= 0.6 is 11.6 Å². The van der Waals surface area contributed by atoms with E-state index in [0.29, 0.717) is 0 Å². The van der Waals surface area contributed by atoms with Crippen LogP contribution in [-0.4, -0.2) is 0 Å². The average molecular weight is 181 g/mol. The van der Waals surface area contributed by atoms with Gasteiger partial charge >= 0.3 is 0 Å². The molecule has 1 rings (SSSR count). The molecule has 0 atom stereocenters. The second-order valence-corrected chi connectivity index (χ2v) is 3.57. The Bertz CT molecular complexity index is 307. The molecular formula is C11H13Cl. The van der Waals surface area contributed by atoms with Gasteiger partial charge in [0.2, 0.25) is 0 Å². The Morgan fingerprint density at radius 2 is 1.83 bits per heavy atom. The maximum absolute atomic E-state index is 5.87. The van der Waals surface area contributed by atoms with Crippen LogP contribution in [0.4, 0.5) is 0 Å². The number of allylic oxidation sites excluding steroid dienone is 2. The number of rotatable bonds is 1. The summed E-state index contributed by atoms with van der Waals surface area (Å²) in [7, 11) is 0. The van der Waals surface area contributed by atoms with Crippen LogP contribution in [0.5, 0.6) is 0 Å². The van der Waals surface area contributed by atoms with Gasteiger partial charge in [-0.05, 0) is 44.0 Å². The maximum Gasteiger partial charge on any atom is 0.0412 e. The van der Waals surface area contributed by atoms with Gasteiger partial charge in [0.15, 0.2) is 0 Å². The predicted molar refractivity (Wildman–Crippen MR) is 55.4 cm³/mol. The Labute approximate surface area is 78.9 Å². The largest absolute Gasteiger partial charge is 0.0843 e. The molecule has 0 aliphatic carbocycles. The lowest BCUT2D eigenvalue weighted by Crippen LogP contribution is -1.81. The Kier molecular flexibility index (Phi) is 2.93. The van der Waals surface area contributed by atoms with Crippen molar-refractivity contribution in [1.82, 2.24) is 0 Å². The molecular weight excluding hydrogens is 168 g/mol. The lowest BCUT2D eigenvalue weighted by Gasteiger charge is -2.03. The van der Waals surface area contributed by atoms with Crippen molar-refractivity contribution in [3.8, 4) is 0 Å². The Balaban J connectivity index is 3.13. The van der Waals surface area contributed by atoms with Crippen LogP contribution in [0.1, 0.15) is 26.3 Å². The smallest absolute Gasteiger partial charge is 0.0412 e. The zero-order valence-corrected chi connectivity index (χ0v) is 8.44. The molecule has 0 nitrogen and oxygen atoms in total. The van der Waals surface area contributed by atoms with Crippen LogP contribution < -0.4 is 0 Å². The van der Waals surface area contributed by atoms with E-state index in [1.807, 2.05) is 18.2 Å². The van der Waals surface area contributed by atoms with Crippen molar-refractivity contribution in [2.24, 2.45) is 0 Å². The quantitative estimate of drug-likeness (QED) is 0.609. The molecule has 12 heavy (non-hydrogen) atoms. The van der Waals surface area contributed by atoms with Crippen molar-refractivity contribution in [3.63, 3.8) is 0 Å². The van der Waals surface area contributed by atoms with Crippen LogP contribution in [0.15, 0.2) is 29.8 Å². The predicted octanol–water partition coefficient (Wildman–Crippen LogP) is 4.15. The lowest BCUT2D eigenvalue weighted by atomic mass is 10.0. The maximum atomic E-state index is 5.87. The molecule has 0 amide bonds. The van der Waals surface area contributed by atoms with Crippen molar-refractivity contribution < 1.29 is 0 Å². The van der Waals surface area contributed by atoms with E-state index in [2.05, 4.69) is 26.8 Å². The minimum atomic E-state index is 0.799. The number of benzene rings is 1. The fourth-order valence-electron chi connectivity index (χ4n) is 1.01. The third-order valence-electron chi connectivity index (χ3n) is 2.01. The molecule has 0 spiro atoms. The highest BCUT2D eigenvalue weighted by atomic mass is 35.5. The first-order chi connectivity index (χ1) is 5.61. The molecule has 0 fully saturated rings. The molecule has 0 unspecified atom stereocenters. The molecule has 0 saturated carbocycles. The molecule has 0 heterocycles. The highest BCUT2D eigenvalue weighted by Crippen LogP contribution is 2.20. The third-order valence-corrected chi connectivity index (χ3v) is 2.24. The molecule has 0 radical (unpaired) electrons. The Morgan fingerprint density at radius 1 is 1.17 bits per heavy atom. The summed E-state index contributed by atoms with van der Waals surface area (Å²) in [5, 5.41) is 0.799. The summed E-state index contributed by atoms with van der Waals surface area (Å²) in [6.45, 7) is 6.33. The van der Waals surface area contributed by atoms with Gasteiger partial charge in [-0.15, -0.1) is 0 Å². The normalized spacial score (nSPS) is 9.67. The standard InChI is InChI=1S/C11H13Cl/c1-8(2)9(3)10-5-4-6-11(12)7-10/h4-7H,1-3H3. The molecule has 0 aliphatic rings. The molecule has 1 aromatic carbocycles. The van der Waals surface area contributed by atoms with Gasteiger partial charge in [0.1, 0.15) is 0 Å². The summed E-state index contributed by atoms with van der Waals surface area (Å²) in [6, 6.07) is 7.94. The van der Waals surface area contributed by atoms with E-state index in [-0.39, 0.29) is 0 Å². The second-order valence-electron chi connectivity index (χ2n) is 3.14. The molecule has 64 valence electrons. The molecule has 0 aliphatic heterocycles. The van der Waals surface area contributed by atoms with Crippen LogP contribution in [0.2, 0.25) is 5.02 Å². The van der Waals surface area contributed by atoms with Gasteiger partial charge in [-0.25, -0.2) is 0 Å². The first-order valence-electron chi connectivity index (χ1n) is 4.01. The van der Waals surface area contributed by atoms with Gasteiger partial charge in [0, 0.05) is 5.02 Å². The Morgan fingerprint density at radius 3 is 2.33 bits per heavy atom. The van der Waals surface area contributed by atoms with Gasteiger partial charge in [-0.2, -0.15) is 0 Å². The highest BCUT2D eigenvalue weighted by Gasteiger charge is 1.97. The number of hydrogen-bond donors (Lipinski definition) is 0. The second kappa shape index (κ2) is 3.77. The minimum Gasteiger partial charge on any atom is -0.0843 e. The van der Waals surface area contributed by atoms with E-state index in [9.17, 15) is 0 Å². The molecule has 0 bridgehead atoms. The first kappa shape index (κ1) is 9.34. The molecule has 0 N–H and O–H groups in total. The number of halogens is 1. The average Bonchev–Trinajstić information content (AvgIpc) is 2.03. The van der Waals surface area contributed by atoms with Crippen molar-refractivity contribution in [1.29, 1.82) is 0 Å². The number of hydrogen-bond acceptors (Lipinski definition) is 0. The van der Waals surface area contributed by atoms with Crippen molar-refractivity contribution in [2.75, 3.05) is 0 Å². The summed E-state index contributed by atoms with van der Waals surface area (Å²) in [6.07, 6.45) is 0. The van der Waals surface area contributed by atoms with Gasteiger partial charge in [0.05, 0.1) is 0 Å². The topological polar surface area (TPSA) is 0 Å². The summed E-state index contributed by atoms with van der Waals surface area (Å²) in [5.74, 6) is 0. The fraction of sp³-hybridized carbons (Fsp3) is 0.273. The van der Waals surface area contributed by atoms with Gasteiger partial charge in [-0.3, -0.25) is 0 Å². The molecule has 1 aromatic rings. The summed E-state index contributed by atoms with van der Waals surface area (Å²) in [4.78, 5) is 0. The van der Waals surface area contributed by atoms with Gasteiger partial charge < -0.3 is 0 Å². The SMILES string of the molecule is CC(C)=C(C)c1cccc(Cl)c1. The van der Waals surface area contributed by atoms with E-state index in [4.69, 9.17) is 11.6 Å². The van der Waals surface area contributed by atoms with E-state index < -0.39 is 0 Å².